The van der Waals surface area contributed by atoms with Gasteiger partial charge in [-0.15, -0.1) is 0 Å². The van der Waals surface area contributed by atoms with E-state index in [1.165, 1.54) is 22.5 Å². The minimum Gasteiger partial charge on any atom is -0.336 e. The molecule has 4 rings (SSSR count). The highest BCUT2D eigenvalue weighted by atomic mass is 35.5. The first-order valence-electron chi connectivity index (χ1n) is 10.3. The Morgan fingerprint density at radius 3 is 2.31 bits per heavy atom. The van der Waals surface area contributed by atoms with Gasteiger partial charge in [0, 0.05) is 44.2 Å². The van der Waals surface area contributed by atoms with Gasteiger partial charge in [0.25, 0.3) is 5.91 Å². The Morgan fingerprint density at radius 1 is 1.00 bits per heavy atom. The van der Waals surface area contributed by atoms with Crippen molar-refractivity contribution in [1.82, 2.24) is 9.21 Å². The van der Waals surface area contributed by atoms with E-state index in [1.807, 2.05) is 0 Å². The average Bonchev–Trinajstić information content (AvgIpc) is 3.65. The zero-order chi connectivity index (χ0) is 23.0. The molecule has 32 heavy (non-hydrogen) atoms. The first-order valence-corrected chi connectivity index (χ1v) is 12.5. The van der Waals surface area contributed by atoms with Crippen LogP contribution in [0.2, 0.25) is 10.0 Å². The van der Waals surface area contributed by atoms with Gasteiger partial charge >= 0.3 is 0 Å². The smallest absolute Gasteiger partial charge is 0.256 e. The lowest BCUT2D eigenvalue weighted by atomic mass is 10.1. The SMILES string of the molecule is CN(C(=O)C1CC1)c1ccccc1C(=O)N1CCN(S(=O)(=O)c2cc(Cl)ccc2Cl)CC1. The molecule has 2 aromatic rings. The number of carbonyl (C=O) groups is 2. The van der Waals surface area contributed by atoms with Gasteiger partial charge in [0.2, 0.25) is 15.9 Å². The average molecular weight is 496 g/mol. The molecule has 2 fully saturated rings. The molecule has 0 unspecified atom stereocenters. The lowest BCUT2D eigenvalue weighted by Crippen LogP contribution is -2.50. The van der Waals surface area contributed by atoms with Crippen molar-refractivity contribution >= 4 is 50.7 Å². The number of para-hydroxylation sites is 1. The third-order valence-corrected chi connectivity index (χ3v) is 8.41. The molecule has 0 spiro atoms. The Morgan fingerprint density at radius 2 is 1.66 bits per heavy atom. The van der Waals surface area contributed by atoms with E-state index >= 15 is 0 Å². The molecule has 0 radical (unpaired) electrons. The van der Waals surface area contributed by atoms with Crippen molar-refractivity contribution in [1.29, 1.82) is 0 Å². The predicted molar refractivity (Wildman–Crippen MR) is 124 cm³/mol. The summed E-state index contributed by atoms with van der Waals surface area (Å²) in [6.07, 6.45) is 1.76. The van der Waals surface area contributed by atoms with E-state index in [4.69, 9.17) is 23.2 Å². The second kappa shape index (κ2) is 9.02. The summed E-state index contributed by atoms with van der Waals surface area (Å²) in [5.74, 6) is -0.177. The van der Waals surface area contributed by atoms with E-state index in [1.54, 1.807) is 41.1 Å². The number of hydrogen-bond acceptors (Lipinski definition) is 4. The van der Waals surface area contributed by atoms with Gasteiger partial charge in [-0.25, -0.2) is 8.42 Å². The molecule has 0 atom stereocenters. The summed E-state index contributed by atoms with van der Waals surface area (Å²) in [6, 6.07) is 11.3. The minimum absolute atomic E-state index is 0.0135. The van der Waals surface area contributed by atoms with E-state index in [-0.39, 0.29) is 58.9 Å². The maximum atomic E-state index is 13.2. The van der Waals surface area contributed by atoms with Crippen LogP contribution in [0.4, 0.5) is 5.69 Å². The number of anilines is 1. The Labute approximate surface area is 197 Å². The predicted octanol–water partition coefficient (Wildman–Crippen LogP) is 3.51. The third-order valence-electron chi connectivity index (χ3n) is 5.79. The van der Waals surface area contributed by atoms with Crippen molar-refractivity contribution in [2.45, 2.75) is 17.7 Å². The number of piperazine rings is 1. The Bertz CT molecular complexity index is 1160. The molecule has 1 saturated carbocycles. The fourth-order valence-electron chi connectivity index (χ4n) is 3.79. The Hall–Kier alpha value is -2.13. The second-order valence-corrected chi connectivity index (χ2v) is 10.7. The molecule has 2 aromatic carbocycles. The lowest BCUT2D eigenvalue weighted by Gasteiger charge is -2.34. The van der Waals surface area contributed by atoms with Gasteiger partial charge in [-0.3, -0.25) is 9.59 Å². The summed E-state index contributed by atoms with van der Waals surface area (Å²) in [6.45, 7) is 0.724. The summed E-state index contributed by atoms with van der Waals surface area (Å²) >= 11 is 12.1. The van der Waals surface area contributed by atoms with Crippen LogP contribution in [0.1, 0.15) is 23.2 Å². The van der Waals surface area contributed by atoms with Crippen LogP contribution >= 0.6 is 23.2 Å². The van der Waals surface area contributed by atoms with Crippen molar-refractivity contribution in [3.63, 3.8) is 0 Å². The van der Waals surface area contributed by atoms with Crippen LogP contribution in [-0.2, 0) is 14.8 Å². The fraction of sp³-hybridized carbons (Fsp3) is 0.364. The molecule has 2 aliphatic rings. The van der Waals surface area contributed by atoms with Gasteiger partial charge in [0.1, 0.15) is 4.90 Å². The van der Waals surface area contributed by atoms with Gasteiger partial charge in [0.15, 0.2) is 0 Å². The molecule has 1 aliphatic heterocycles. The van der Waals surface area contributed by atoms with Crippen LogP contribution in [0, 0.1) is 5.92 Å². The molecule has 0 bridgehead atoms. The van der Waals surface area contributed by atoms with Gasteiger partial charge in [-0.05, 0) is 43.2 Å². The molecular weight excluding hydrogens is 473 g/mol. The van der Waals surface area contributed by atoms with E-state index in [2.05, 4.69) is 0 Å². The first-order chi connectivity index (χ1) is 15.2. The zero-order valence-corrected chi connectivity index (χ0v) is 19.8. The normalized spacial score (nSPS) is 17.3. The van der Waals surface area contributed by atoms with E-state index in [0.717, 1.165) is 12.8 Å². The maximum absolute atomic E-state index is 13.2. The number of amides is 2. The van der Waals surface area contributed by atoms with Crippen LogP contribution in [0.5, 0.6) is 0 Å². The molecular formula is C22H23Cl2N3O4S. The van der Waals surface area contributed by atoms with E-state index in [0.29, 0.717) is 11.3 Å². The Kier molecular flexibility index (Phi) is 6.49. The summed E-state index contributed by atoms with van der Waals surface area (Å²) < 4.78 is 27.4. The van der Waals surface area contributed by atoms with E-state index < -0.39 is 10.0 Å². The first kappa shape index (κ1) is 23.0. The highest BCUT2D eigenvalue weighted by Gasteiger charge is 2.35. The third kappa shape index (κ3) is 4.50. The molecule has 1 heterocycles. The monoisotopic (exact) mass is 495 g/mol. The van der Waals surface area contributed by atoms with Gasteiger partial charge in [-0.2, -0.15) is 4.31 Å². The molecule has 1 aliphatic carbocycles. The molecule has 1 saturated heterocycles. The fourth-order valence-corrected chi connectivity index (χ4v) is 5.95. The number of carbonyl (C=O) groups excluding carboxylic acids is 2. The summed E-state index contributed by atoms with van der Waals surface area (Å²) in [7, 11) is -2.15. The molecule has 0 aromatic heterocycles. The molecule has 170 valence electrons. The van der Waals surface area contributed by atoms with Gasteiger partial charge in [0.05, 0.1) is 16.3 Å². The highest BCUT2D eigenvalue weighted by Crippen LogP contribution is 2.33. The number of rotatable bonds is 5. The molecule has 7 nitrogen and oxygen atoms in total. The van der Waals surface area contributed by atoms with Gasteiger partial charge < -0.3 is 9.80 Å². The van der Waals surface area contributed by atoms with Crippen molar-refractivity contribution in [2.75, 3.05) is 38.1 Å². The minimum atomic E-state index is -3.84. The number of sulfonamides is 1. The zero-order valence-electron chi connectivity index (χ0n) is 17.5. The lowest BCUT2D eigenvalue weighted by molar-refractivity contribution is -0.119. The van der Waals surface area contributed by atoms with Crippen LogP contribution in [-0.4, -0.2) is 62.7 Å². The quantitative estimate of drug-likeness (QED) is 0.635. The van der Waals surface area contributed by atoms with Crippen molar-refractivity contribution in [3.05, 3.63) is 58.1 Å². The summed E-state index contributed by atoms with van der Waals surface area (Å²) in [5, 5.41) is 0.383. The van der Waals surface area contributed by atoms with Crippen molar-refractivity contribution in [3.8, 4) is 0 Å². The summed E-state index contributed by atoms with van der Waals surface area (Å²) in [5.41, 5.74) is 0.994. The van der Waals surface area contributed by atoms with Crippen molar-refractivity contribution < 1.29 is 18.0 Å². The standard InChI is InChI=1S/C22H23Cl2N3O4S/c1-25(21(28)15-6-7-15)19-5-3-2-4-17(19)22(29)26-10-12-27(13-11-26)32(30,31)20-14-16(23)8-9-18(20)24/h2-5,8-9,14-15H,6-7,10-13H2,1H3. The van der Waals surface area contributed by atoms with E-state index in [9.17, 15) is 18.0 Å². The number of nitrogens with zero attached hydrogens (tertiary/aromatic N) is 3. The summed E-state index contributed by atoms with van der Waals surface area (Å²) in [4.78, 5) is 28.9. The van der Waals surface area contributed by atoms with Crippen LogP contribution < -0.4 is 4.90 Å². The largest absolute Gasteiger partial charge is 0.336 e. The topological polar surface area (TPSA) is 78.0 Å². The molecule has 2 amide bonds. The highest BCUT2D eigenvalue weighted by molar-refractivity contribution is 7.89. The molecule has 10 heteroatoms. The van der Waals surface area contributed by atoms with Crippen LogP contribution in [0.3, 0.4) is 0 Å². The molecule has 0 N–H and O–H groups in total. The van der Waals surface area contributed by atoms with Crippen LogP contribution in [0.25, 0.3) is 0 Å². The number of halogens is 2. The number of hydrogen-bond donors (Lipinski definition) is 0. The van der Waals surface area contributed by atoms with Crippen molar-refractivity contribution in [2.24, 2.45) is 5.92 Å². The van der Waals surface area contributed by atoms with Crippen LogP contribution in [0.15, 0.2) is 47.4 Å². The number of benzene rings is 2. The Balaban J connectivity index is 1.49. The van der Waals surface area contributed by atoms with Gasteiger partial charge in [-0.1, -0.05) is 35.3 Å². The maximum Gasteiger partial charge on any atom is 0.256 e. The second-order valence-electron chi connectivity index (χ2n) is 7.96.